The average Bonchev–Trinajstić information content (AvgIpc) is 3.14. The predicted molar refractivity (Wildman–Crippen MR) is 124 cm³/mol. The molecule has 1 fully saturated rings. The molecule has 0 spiro atoms. The summed E-state index contributed by atoms with van der Waals surface area (Å²) in [6, 6.07) is 10.5. The second-order valence-electron chi connectivity index (χ2n) is 8.74. The van der Waals surface area contributed by atoms with Gasteiger partial charge in [-0.3, -0.25) is 4.79 Å². The predicted octanol–water partition coefficient (Wildman–Crippen LogP) is 4.24. The standard InChI is InChI=1S/C25H33N5O/c1-18-16-24-26-19(2)22(20(3)30(24)27-18)12-13-25(31)28(4)17-21-10-6-7-11-23(21)29-14-8-5-9-15-29/h6-7,10-11,16H,5,8-9,12-15,17H2,1-4H3. The second-order valence-corrected chi connectivity index (χ2v) is 8.74. The maximum absolute atomic E-state index is 13.0. The van der Waals surface area contributed by atoms with Gasteiger partial charge in [-0.05, 0) is 63.6 Å². The first-order chi connectivity index (χ1) is 14.9. The first-order valence-electron chi connectivity index (χ1n) is 11.3. The number of anilines is 1. The van der Waals surface area contributed by atoms with Gasteiger partial charge in [0.2, 0.25) is 5.91 Å². The van der Waals surface area contributed by atoms with Crippen molar-refractivity contribution in [3.63, 3.8) is 0 Å². The number of fused-ring (bicyclic) bond motifs is 1. The normalized spacial score (nSPS) is 14.3. The van der Waals surface area contributed by atoms with Gasteiger partial charge in [0.1, 0.15) is 0 Å². The average molecular weight is 420 g/mol. The molecule has 0 bridgehead atoms. The molecule has 1 aliphatic heterocycles. The van der Waals surface area contributed by atoms with Crippen LogP contribution in [0.2, 0.25) is 0 Å². The van der Waals surface area contributed by atoms with E-state index >= 15 is 0 Å². The van der Waals surface area contributed by atoms with Crippen molar-refractivity contribution in [2.24, 2.45) is 0 Å². The number of hydrogen-bond acceptors (Lipinski definition) is 4. The van der Waals surface area contributed by atoms with Gasteiger partial charge in [0, 0.05) is 56.2 Å². The third kappa shape index (κ3) is 4.58. The molecule has 4 rings (SSSR count). The van der Waals surface area contributed by atoms with Crippen LogP contribution in [-0.4, -0.2) is 45.5 Å². The molecule has 3 heterocycles. The lowest BCUT2D eigenvalue weighted by atomic mass is 10.1. The highest BCUT2D eigenvalue weighted by Gasteiger charge is 2.18. The van der Waals surface area contributed by atoms with E-state index in [0.29, 0.717) is 19.4 Å². The van der Waals surface area contributed by atoms with Crippen molar-refractivity contribution in [1.82, 2.24) is 19.5 Å². The van der Waals surface area contributed by atoms with E-state index in [1.54, 1.807) is 0 Å². The highest BCUT2D eigenvalue weighted by Crippen LogP contribution is 2.25. The summed E-state index contributed by atoms with van der Waals surface area (Å²) in [5, 5.41) is 4.54. The minimum Gasteiger partial charge on any atom is -0.371 e. The highest BCUT2D eigenvalue weighted by molar-refractivity contribution is 5.76. The fourth-order valence-electron chi connectivity index (χ4n) is 4.66. The Balaban J connectivity index is 1.44. The monoisotopic (exact) mass is 419 g/mol. The van der Waals surface area contributed by atoms with Crippen LogP contribution in [0.1, 0.15) is 53.9 Å². The zero-order valence-corrected chi connectivity index (χ0v) is 19.2. The number of aromatic nitrogens is 3. The van der Waals surface area contributed by atoms with Crippen LogP contribution in [0.4, 0.5) is 5.69 Å². The molecule has 0 unspecified atom stereocenters. The fourth-order valence-corrected chi connectivity index (χ4v) is 4.66. The molecular weight excluding hydrogens is 386 g/mol. The molecule has 2 aromatic heterocycles. The Morgan fingerprint density at radius 1 is 1.10 bits per heavy atom. The number of amides is 1. The maximum Gasteiger partial charge on any atom is 0.222 e. The molecule has 164 valence electrons. The van der Waals surface area contributed by atoms with Crippen LogP contribution in [0.3, 0.4) is 0 Å². The third-order valence-corrected chi connectivity index (χ3v) is 6.40. The Morgan fingerprint density at radius 3 is 2.61 bits per heavy atom. The van der Waals surface area contributed by atoms with Crippen LogP contribution in [-0.2, 0) is 17.8 Å². The number of carbonyl (C=O) groups excluding carboxylic acids is 1. The first kappa shape index (κ1) is 21.3. The van der Waals surface area contributed by atoms with Gasteiger partial charge >= 0.3 is 0 Å². The summed E-state index contributed by atoms with van der Waals surface area (Å²) >= 11 is 0. The molecule has 0 atom stereocenters. The van der Waals surface area contributed by atoms with E-state index in [2.05, 4.69) is 46.2 Å². The molecule has 1 aromatic carbocycles. The summed E-state index contributed by atoms with van der Waals surface area (Å²) in [4.78, 5) is 22.0. The van der Waals surface area contributed by atoms with Crippen LogP contribution in [0.5, 0.6) is 0 Å². The van der Waals surface area contributed by atoms with E-state index in [1.165, 1.54) is 30.5 Å². The van der Waals surface area contributed by atoms with Gasteiger partial charge in [0.05, 0.1) is 5.69 Å². The maximum atomic E-state index is 13.0. The lowest BCUT2D eigenvalue weighted by Crippen LogP contribution is -2.32. The van der Waals surface area contributed by atoms with E-state index in [4.69, 9.17) is 0 Å². The zero-order chi connectivity index (χ0) is 22.0. The van der Waals surface area contributed by atoms with E-state index in [-0.39, 0.29) is 5.91 Å². The number of para-hydroxylation sites is 1. The summed E-state index contributed by atoms with van der Waals surface area (Å²) in [5.41, 5.74) is 7.49. The summed E-state index contributed by atoms with van der Waals surface area (Å²) < 4.78 is 1.89. The molecule has 0 aliphatic carbocycles. The van der Waals surface area contributed by atoms with Crippen molar-refractivity contribution in [2.45, 2.75) is 59.4 Å². The van der Waals surface area contributed by atoms with Gasteiger partial charge in [-0.1, -0.05) is 18.2 Å². The quantitative estimate of drug-likeness (QED) is 0.600. The SMILES string of the molecule is Cc1cc2nc(C)c(CCC(=O)N(C)Cc3ccccc3N3CCCCC3)c(C)n2n1. The lowest BCUT2D eigenvalue weighted by Gasteiger charge is -2.31. The number of aryl methyl sites for hydroxylation is 3. The number of piperidine rings is 1. The van der Waals surface area contributed by atoms with E-state index in [1.807, 2.05) is 36.4 Å². The number of rotatable bonds is 6. The molecule has 31 heavy (non-hydrogen) atoms. The Hall–Kier alpha value is -2.89. The van der Waals surface area contributed by atoms with Gasteiger partial charge in [-0.25, -0.2) is 9.50 Å². The molecule has 0 saturated carbocycles. The Bertz CT molecular complexity index is 1080. The molecule has 1 saturated heterocycles. The summed E-state index contributed by atoms with van der Waals surface area (Å²) in [6.45, 7) is 8.91. The summed E-state index contributed by atoms with van der Waals surface area (Å²) in [5.74, 6) is 0.156. The van der Waals surface area contributed by atoms with Crippen LogP contribution < -0.4 is 4.90 Å². The van der Waals surface area contributed by atoms with Gasteiger partial charge in [-0.2, -0.15) is 5.10 Å². The number of hydrogen-bond donors (Lipinski definition) is 0. The largest absolute Gasteiger partial charge is 0.371 e. The van der Waals surface area contributed by atoms with Gasteiger partial charge in [0.25, 0.3) is 0 Å². The Labute approximate surface area is 184 Å². The van der Waals surface area contributed by atoms with Crippen LogP contribution in [0.25, 0.3) is 5.65 Å². The Morgan fingerprint density at radius 2 is 1.84 bits per heavy atom. The third-order valence-electron chi connectivity index (χ3n) is 6.40. The van der Waals surface area contributed by atoms with Crippen LogP contribution in [0.15, 0.2) is 30.3 Å². The second kappa shape index (κ2) is 9.08. The lowest BCUT2D eigenvalue weighted by molar-refractivity contribution is -0.130. The van der Waals surface area contributed by atoms with Crippen molar-refractivity contribution in [3.8, 4) is 0 Å². The van der Waals surface area contributed by atoms with Crippen LogP contribution >= 0.6 is 0 Å². The molecule has 6 nitrogen and oxygen atoms in total. The molecular formula is C25H33N5O. The molecule has 1 amide bonds. The number of nitrogens with zero attached hydrogens (tertiary/aromatic N) is 5. The van der Waals surface area contributed by atoms with Crippen LogP contribution in [0, 0.1) is 20.8 Å². The fraction of sp³-hybridized carbons (Fsp3) is 0.480. The topological polar surface area (TPSA) is 53.7 Å². The van der Waals surface area contributed by atoms with E-state index in [0.717, 1.165) is 41.4 Å². The minimum absolute atomic E-state index is 0.156. The molecule has 0 N–H and O–H groups in total. The number of carbonyl (C=O) groups is 1. The van der Waals surface area contributed by atoms with Gasteiger partial charge in [0.15, 0.2) is 5.65 Å². The molecule has 3 aromatic rings. The number of benzene rings is 1. The van der Waals surface area contributed by atoms with Gasteiger partial charge in [-0.15, -0.1) is 0 Å². The molecule has 0 radical (unpaired) electrons. The van der Waals surface area contributed by atoms with Crippen molar-refractivity contribution in [2.75, 3.05) is 25.0 Å². The van der Waals surface area contributed by atoms with Crippen molar-refractivity contribution in [1.29, 1.82) is 0 Å². The molecule has 6 heteroatoms. The smallest absolute Gasteiger partial charge is 0.222 e. The van der Waals surface area contributed by atoms with E-state index < -0.39 is 0 Å². The van der Waals surface area contributed by atoms with Crippen molar-refractivity contribution < 1.29 is 4.79 Å². The summed E-state index contributed by atoms with van der Waals surface area (Å²) in [7, 11) is 1.91. The summed E-state index contributed by atoms with van der Waals surface area (Å²) in [6.07, 6.45) is 4.95. The Kier molecular flexibility index (Phi) is 6.25. The van der Waals surface area contributed by atoms with Gasteiger partial charge < -0.3 is 9.80 Å². The minimum atomic E-state index is 0.156. The zero-order valence-electron chi connectivity index (χ0n) is 19.2. The van der Waals surface area contributed by atoms with E-state index in [9.17, 15) is 4.79 Å². The molecule has 1 aliphatic rings. The first-order valence-corrected chi connectivity index (χ1v) is 11.3. The van der Waals surface area contributed by atoms with Crippen molar-refractivity contribution in [3.05, 3.63) is 58.5 Å². The highest BCUT2D eigenvalue weighted by atomic mass is 16.2. The van der Waals surface area contributed by atoms with Crippen molar-refractivity contribution >= 4 is 17.2 Å².